The van der Waals surface area contributed by atoms with E-state index in [0.29, 0.717) is 6.16 Å². The van der Waals surface area contributed by atoms with Crippen molar-refractivity contribution in [3.8, 4) is 0 Å². The summed E-state index contributed by atoms with van der Waals surface area (Å²) in [6.45, 7) is 7.41. The van der Waals surface area contributed by atoms with Gasteiger partial charge >= 0.3 is 0 Å². The smallest absolute Gasteiger partial charge is 0.236 e. The van der Waals surface area contributed by atoms with Gasteiger partial charge in [0, 0.05) is 11.5 Å². The van der Waals surface area contributed by atoms with Crippen molar-refractivity contribution in [2.75, 3.05) is 6.16 Å². The molecule has 0 bridgehead atoms. The van der Waals surface area contributed by atoms with Crippen molar-refractivity contribution in [2.24, 2.45) is 0 Å². The van der Waals surface area contributed by atoms with Gasteiger partial charge in [-0.25, -0.2) is 0 Å². The quantitative estimate of drug-likeness (QED) is 0.567. The van der Waals surface area contributed by atoms with E-state index in [4.69, 9.17) is 4.52 Å². The molecule has 0 fully saturated rings. The lowest BCUT2D eigenvalue weighted by molar-refractivity contribution is 0.277. The number of rotatable bonds is 6. The second-order valence-corrected chi connectivity index (χ2v) is 6.25. The Bertz CT molecular complexity index is 423. The van der Waals surface area contributed by atoms with Crippen LogP contribution < -0.4 is 5.30 Å². The second kappa shape index (κ2) is 6.58. The van der Waals surface area contributed by atoms with Crippen molar-refractivity contribution >= 4 is 12.7 Å². The van der Waals surface area contributed by atoms with Crippen LogP contribution in [0.25, 0.3) is 0 Å². The molecule has 0 N–H and O–H groups in total. The predicted molar refractivity (Wildman–Crippen MR) is 74.1 cm³/mol. The molecule has 2 unspecified atom stereocenters. The first kappa shape index (κ1) is 14.0. The average Bonchev–Trinajstić information content (AvgIpc) is 2.37. The zero-order valence-corrected chi connectivity index (χ0v) is 11.3. The molecule has 0 aliphatic carbocycles. The molecule has 0 aliphatic heterocycles. The predicted octanol–water partition coefficient (Wildman–Crippen LogP) is 3.76. The van der Waals surface area contributed by atoms with Gasteiger partial charge in [0.15, 0.2) is 0 Å². The first-order chi connectivity index (χ1) is 8.12. The van der Waals surface area contributed by atoms with Crippen molar-refractivity contribution in [3.05, 3.63) is 55.1 Å². The lowest BCUT2D eigenvalue weighted by Gasteiger charge is -2.20. The fourth-order valence-corrected chi connectivity index (χ4v) is 3.58. The molecule has 1 aromatic carbocycles. The van der Waals surface area contributed by atoms with Crippen LogP contribution in [-0.2, 0) is 9.09 Å². The number of benzene rings is 1. The number of hydrogen-bond donors (Lipinski definition) is 0. The van der Waals surface area contributed by atoms with Gasteiger partial charge in [-0.05, 0) is 26.0 Å². The first-order valence-corrected chi connectivity index (χ1v) is 7.50. The molecule has 1 rings (SSSR count). The van der Waals surface area contributed by atoms with E-state index in [1.165, 1.54) is 0 Å². The van der Waals surface area contributed by atoms with Gasteiger partial charge in [-0.2, -0.15) is 0 Å². The van der Waals surface area contributed by atoms with Crippen molar-refractivity contribution in [2.45, 2.75) is 20.0 Å². The van der Waals surface area contributed by atoms with Crippen LogP contribution in [0.3, 0.4) is 0 Å². The number of hydrogen-bond acceptors (Lipinski definition) is 2. The van der Waals surface area contributed by atoms with Crippen molar-refractivity contribution in [1.82, 2.24) is 0 Å². The highest BCUT2D eigenvalue weighted by atomic mass is 31.2. The fraction of sp³-hybridized carbons (Fsp3) is 0.286. The molecule has 0 amide bonds. The molecule has 92 valence electrons. The van der Waals surface area contributed by atoms with Gasteiger partial charge < -0.3 is 4.52 Å². The summed E-state index contributed by atoms with van der Waals surface area (Å²) in [6.07, 6.45) is 5.63. The van der Waals surface area contributed by atoms with Crippen LogP contribution in [0.2, 0.25) is 0 Å². The molecule has 1 aromatic rings. The monoisotopic (exact) mass is 250 g/mol. The van der Waals surface area contributed by atoms with Crippen molar-refractivity contribution in [1.29, 1.82) is 0 Å². The molecular formula is C14H19O2P. The average molecular weight is 250 g/mol. The van der Waals surface area contributed by atoms with Gasteiger partial charge in [-0.15, -0.1) is 6.58 Å². The summed E-state index contributed by atoms with van der Waals surface area (Å²) in [5, 5.41) is 0.756. The van der Waals surface area contributed by atoms with Crippen LogP contribution in [0.5, 0.6) is 0 Å². The van der Waals surface area contributed by atoms with E-state index in [1.54, 1.807) is 6.08 Å². The van der Waals surface area contributed by atoms with Crippen LogP contribution in [0.4, 0.5) is 0 Å². The normalized spacial score (nSPS) is 16.6. The maximum atomic E-state index is 12.8. The molecule has 0 heterocycles. The van der Waals surface area contributed by atoms with Gasteiger partial charge in [-0.3, -0.25) is 4.57 Å². The minimum absolute atomic E-state index is 0.216. The van der Waals surface area contributed by atoms with E-state index in [-0.39, 0.29) is 6.10 Å². The van der Waals surface area contributed by atoms with Crippen LogP contribution in [0, 0.1) is 0 Å². The Morgan fingerprint density at radius 2 is 2.06 bits per heavy atom. The molecule has 0 aromatic heterocycles. The summed E-state index contributed by atoms with van der Waals surface area (Å²) in [5.74, 6) is 0. The van der Waals surface area contributed by atoms with E-state index >= 15 is 0 Å². The minimum atomic E-state index is -2.82. The third-order valence-electron chi connectivity index (χ3n) is 2.40. The minimum Gasteiger partial charge on any atom is -0.318 e. The highest BCUT2D eigenvalue weighted by Crippen LogP contribution is 2.47. The molecule has 3 heteroatoms. The molecule has 2 nitrogen and oxygen atoms in total. The van der Waals surface area contributed by atoms with Crippen LogP contribution in [0.15, 0.2) is 55.1 Å². The summed E-state index contributed by atoms with van der Waals surface area (Å²) in [7, 11) is -2.82. The Morgan fingerprint density at radius 3 is 2.59 bits per heavy atom. The molecule has 0 saturated carbocycles. The van der Waals surface area contributed by atoms with E-state index in [0.717, 1.165) is 5.30 Å². The largest absolute Gasteiger partial charge is 0.318 e. The number of allylic oxidation sites excluding steroid dienone is 2. The van der Waals surface area contributed by atoms with E-state index in [1.807, 2.05) is 56.3 Å². The Balaban J connectivity index is 3.01. The molecule has 2 atom stereocenters. The summed E-state index contributed by atoms with van der Waals surface area (Å²) < 4.78 is 18.5. The van der Waals surface area contributed by atoms with Crippen LogP contribution in [-0.4, -0.2) is 12.3 Å². The van der Waals surface area contributed by atoms with Gasteiger partial charge in [0.2, 0.25) is 7.37 Å². The highest BCUT2D eigenvalue weighted by Gasteiger charge is 2.25. The van der Waals surface area contributed by atoms with Gasteiger partial charge in [0.05, 0.1) is 6.10 Å². The Kier molecular flexibility index (Phi) is 5.40. The Morgan fingerprint density at radius 1 is 1.41 bits per heavy atom. The summed E-state index contributed by atoms with van der Waals surface area (Å²) in [5.41, 5.74) is 0. The lowest BCUT2D eigenvalue weighted by atomic mass is 10.4. The maximum Gasteiger partial charge on any atom is 0.236 e. The molecule has 0 radical (unpaired) electrons. The van der Waals surface area contributed by atoms with Gasteiger partial charge in [0.25, 0.3) is 0 Å². The Hall–Kier alpha value is -1.11. The summed E-state index contributed by atoms with van der Waals surface area (Å²) in [4.78, 5) is 0. The van der Waals surface area contributed by atoms with E-state index in [2.05, 4.69) is 6.58 Å². The topological polar surface area (TPSA) is 26.3 Å². The third kappa shape index (κ3) is 3.99. The second-order valence-electron chi connectivity index (χ2n) is 3.81. The standard InChI is InChI=1S/C14H19O2P/c1-4-6-12-17(15,16-13(3)5-2)14-10-8-7-9-11-14/h4-11,13H,2,12H2,1,3H3. The van der Waals surface area contributed by atoms with Gasteiger partial charge in [0.1, 0.15) is 0 Å². The van der Waals surface area contributed by atoms with Crippen LogP contribution >= 0.6 is 7.37 Å². The molecular weight excluding hydrogens is 231 g/mol. The summed E-state index contributed by atoms with van der Waals surface area (Å²) in [6, 6.07) is 9.35. The van der Waals surface area contributed by atoms with E-state index in [9.17, 15) is 4.57 Å². The Labute approximate surface area is 103 Å². The molecule has 0 saturated heterocycles. The van der Waals surface area contributed by atoms with E-state index < -0.39 is 7.37 Å². The van der Waals surface area contributed by atoms with Gasteiger partial charge in [-0.1, -0.05) is 36.4 Å². The van der Waals surface area contributed by atoms with Crippen molar-refractivity contribution < 1.29 is 9.09 Å². The third-order valence-corrected chi connectivity index (χ3v) is 4.85. The summed E-state index contributed by atoms with van der Waals surface area (Å²) >= 11 is 0. The first-order valence-electron chi connectivity index (χ1n) is 5.69. The highest BCUT2D eigenvalue weighted by molar-refractivity contribution is 7.67. The molecule has 0 aliphatic rings. The molecule has 17 heavy (non-hydrogen) atoms. The fourth-order valence-electron chi connectivity index (χ4n) is 1.42. The SMILES string of the molecule is C=CC(C)OP(=O)(CC=CC)c1ccccc1. The van der Waals surface area contributed by atoms with Crippen LogP contribution in [0.1, 0.15) is 13.8 Å². The zero-order chi connectivity index (χ0) is 12.7. The zero-order valence-electron chi connectivity index (χ0n) is 10.4. The molecule has 0 spiro atoms. The lowest BCUT2D eigenvalue weighted by Crippen LogP contribution is -2.13. The van der Waals surface area contributed by atoms with Crippen molar-refractivity contribution in [3.63, 3.8) is 0 Å². The maximum absolute atomic E-state index is 12.8.